The van der Waals surface area contributed by atoms with Crippen LogP contribution in [0.2, 0.25) is 0 Å². The van der Waals surface area contributed by atoms with Crippen LogP contribution in [0.1, 0.15) is 17.3 Å². The topological polar surface area (TPSA) is 83.1 Å². The second-order valence-corrected chi connectivity index (χ2v) is 8.17. The van der Waals surface area contributed by atoms with Gasteiger partial charge in [0.1, 0.15) is 5.01 Å². The SMILES string of the molecule is CCNC(=O)Nc1ccc(-c2cccc(C(=O)NC)c2)c(-c2nc(-c3ccccc3)cs2)c1. The Morgan fingerprint density at radius 1 is 0.909 bits per heavy atom. The number of nitrogens with one attached hydrogen (secondary N) is 3. The minimum atomic E-state index is -0.262. The minimum absolute atomic E-state index is 0.145. The average Bonchev–Trinajstić information content (AvgIpc) is 3.34. The van der Waals surface area contributed by atoms with E-state index in [1.54, 1.807) is 24.5 Å². The van der Waals surface area contributed by atoms with Crippen LogP contribution >= 0.6 is 11.3 Å². The van der Waals surface area contributed by atoms with Crippen molar-refractivity contribution in [3.63, 3.8) is 0 Å². The Morgan fingerprint density at radius 3 is 2.45 bits per heavy atom. The average molecular weight is 457 g/mol. The maximum atomic E-state index is 12.2. The van der Waals surface area contributed by atoms with E-state index in [9.17, 15) is 9.59 Å². The number of carbonyl (C=O) groups is 2. The summed E-state index contributed by atoms with van der Waals surface area (Å²) >= 11 is 1.54. The Balaban J connectivity index is 1.80. The molecule has 0 aliphatic carbocycles. The van der Waals surface area contributed by atoms with Gasteiger partial charge in [-0.25, -0.2) is 9.78 Å². The third-order valence-corrected chi connectivity index (χ3v) is 5.96. The van der Waals surface area contributed by atoms with E-state index in [1.807, 2.05) is 79.0 Å². The molecule has 0 spiro atoms. The molecule has 3 aromatic carbocycles. The molecule has 0 atom stereocenters. The van der Waals surface area contributed by atoms with Gasteiger partial charge in [-0.15, -0.1) is 11.3 Å². The van der Waals surface area contributed by atoms with Gasteiger partial charge in [0.2, 0.25) is 0 Å². The van der Waals surface area contributed by atoms with Gasteiger partial charge < -0.3 is 16.0 Å². The van der Waals surface area contributed by atoms with Crippen LogP contribution < -0.4 is 16.0 Å². The van der Waals surface area contributed by atoms with Crippen LogP contribution in [0.4, 0.5) is 10.5 Å². The van der Waals surface area contributed by atoms with Crippen molar-refractivity contribution >= 4 is 29.0 Å². The number of rotatable bonds is 6. The van der Waals surface area contributed by atoms with Gasteiger partial charge in [0.25, 0.3) is 5.91 Å². The van der Waals surface area contributed by atoms with Crippen LogP contribution in [0, 0.1) is 0 Å². The zero-order valence-electron chi connectivity index (χ0n) is 18.4. The molecule has 4 rings (SSSR count). The number of nitrogens with zero attached hydrogens (tertiary/aromatic N) is 1. The number of benzene rings is 3. The number of hydrogen-bond acceptors (Lipinski definition) is 4. The van der Waals surface area contributed by atoms with Crippen LogP contribution in [0.3, 0.4) is 0 Å². The van der Waals surface area contributed by atoms with Crippen molar-refractivity contribution in [3.8, 4) is 33.0 Å². The Kier molecular flexibility index (Phi) is 6.80. The molecule has 3 amide bonds. The zero-order valence-corrected chi connectivity index (χ0v) is 19.2. The molecule has 33 heavy (non-hydrogen) atoms. The normalized spacial score (nSPS) is 10.5. The van der Waals surface area contributed by atoms with Crippen LogP contribution in [0.25, 0.3) is 33.0 Å². The molecule has 1 heterocycles. The first kappa shape index (κ1) is 22.2. The lowest BCUT2D eigenvalue weighted by Crippen LogP contribution is -2.28. The predicted octanol–water partition coefficient (Wildman–Crippen LogP) is 5.65. The fourth-order valence-electron chi connectivity index (χ4n) is 3.50. The van der Waals surface area contributed by atoms with Crippen LogP contribution in [-0.2, 0) is 0 Å². The van der Waals surface area contributed by atoms with E-state index >= 15 is 0 Å². The van der Waals surface area contributed by atoms with E-state index in [-0.39, 0.29) is 11.9 Å². The van der Waals surface area contributed by atoms with Crippen LogP contribution in [-0.4, -0.2) is 30.5 Å². The van der Waals surface area contributed by atoms with E-state index in [1.165, 1.54) is 0 Å². The number of hydrogen-bond donors (Lipinski definition) is 3. The quantitative estimate of drug-likeness (QED) is 0.351. The molecule has 0 bridgehead atoms. The number of urea groups is 1. The first-order valence-electron chi connectivity index (χ1n) is 10.6. The van der Waals surface area contributed by atoms with Gasteiger partial charge in [0.15, 0.2) is 0 Å². The van der Waals surface area contributed by atoms with Crippen molar-refractivity contribution in [1.82, 2.24) is 15.6 Å². The maximum Gasteiger partial charge on any atom is 0.319 e. The molecule has 0 saturated heterocycles. The summed E-state index contributed by atoms with van der Waals surface area (Å²) in [6.07, 6.45) is 0. The van der Waals surface area contributed by atoms with Crippen molar-refractivity contribution in [2.45, 2.75) is 6.92 Å². The van der Waals surface area contributed by atoms with Gasteiger partial charge in [-0.05, 0) is 42.3 Å². The summed E-state index contributed by atoms with van der Waals surface area (Å²) in [6, 6.07) is 22.9. The second kappa shape index (κ2) is 10.1. The van der Waals surface area contributed by atoms with Gasteiger partial charge in [-0.1, -0.05) is 48.5 Å². The molecule has 0 unspecified atom stereocenters. The van der Waals surface area contributed by atoms with E-state index in [0.29, 0.717) is 17.8 Å². The molecule has 0 fully saturated rings. The van der Waals surface area contributed by atoms with Gasteiger partial charge in [0, 0.05) is 41.4 Å². The number of thiazole rings is 1. The third-order valence-electron chi connectivity index (χ3n) is 5.08. The summed E-state index contributed by atoms with van der Waals surface area (Å²) in [4.78, 5) is 29.1. The lowest BCUT2D eigenvalue weighted by Gasteiger charge is -2.13. The molecule has 7 heteroatoms. The largest absolute Gasteiger partial charge is 0.355 e. The summed E-state index contributed by atoms with van der Waals surface area (Å²) in [7, 11) is 1.61. The standard InChI is InChI=1S/C26H24N4O2S/c1-3-28-26(32)29-20-12-13-21(18-10-7-11-19(14-18)24(31)27-2)22(15-20)25-30-23(16-33-25)17-8-5-4-6-9-17/h4-16H,3H2,1-2H3,(H,27,31)(H2,28,29,32). The maximum absolute atomic E-state index is 12.2. The van der Waals surface area contributed by atoms with Gasteiger partial charge in [0.05, 0.1) is 5.69 Å². The van der Waals surface area contributed by atoms with Crippen molar-refractivity contribution in [1.29, 1.82) is 0 Å². The fraction of sp³-hybridized carbons (Fsp3) is 0.115. The van der Waals surface area contributed by atoms with Crippen molar-refractivity contribution in [2.24, 2.45) is 0 Å². The smallest absolute Gasteiger partial charge is 0.319 e. The summed E-state index contributed by atoms with van der Waals surface area (Å²) in [6.45, 7) is 2.41. The van der Waals surface area contributed by atoms with E-state index in [2.05, 4.69) is 16.0 Å². The molecule has 1 aromatic heterocycles. The monoisotopic (exact) mass is 456 g/mol. The first-order valence-corrected chi connectivity index (χ1v) is 11.5. The number of aromatic nitrogens is 1. The summed E-state index contributed by atoms with van der Waals surface area (Å²) in [5.74, 6) is -0.145. The molecule has 4 aromatic rings. The number of amides is 3. The Hall–Kier alpha value is -3.97. The van der Waals surface area contributed by atoms with E-state index < -0.39 is 0 Å². The molecule has 6 nitrogen and oxygen atoms in total. The van der Waals surface area contributed by atoms with Gasteiger partial charge >= 0.3 is 6.03 Å². The summed E-state index contributed by atoms with van der Waals surface area (Å²) in [5, 5.41) is 11.1. The Morgan fingerprint density at radius 2 is 1.70 bits per heavy atom. The second-order valence-electron chi connectivity index (χ2n) is 7.31. The predicted molar refractivity (Wildman–Crippen MR) is 135 cm³/mol. The van der Waals surface area contributed by atoms with Crippen molar-refractivity contribution in [2.75, 3.05) is 18.9 Å². The summed E-state index contributed by atoms with van der Waals surface area (Å²) < 4.78 is 0. The molecule has 0 aliphatic heterocycles. The molecule has 0 radical (unpaired) electrons. The molecule has 3 N–H and O–H groups in total. The van der Waals surface area contributed by atoms with E-state index in [0.717, 1.165) is 33.0 Å². The van der Waals surface area contributed by atoms with Gasteiger partial charge in [-0.3, -0.25) is 4.79 Å². The Bertz CT molecular complexity index is 1280. The highest BCUT2D eigenvalue weighted by atomic mass is 32.1. The van der Waals surface area contributed by atoms with Crippen molar-refractivity contribution in [3.05, 3.63) is 83.7 Å². The lowest BCUT2D eigenvalue weighted by atomic mass is 9.97. The Labute approximate surface area is 196 Å². The first-order chi connectivity index (χ1) is 16.1. The highest BCUT2D eigenvalue weighted by Crippen LogP contribution is 2.37. The highest BCUT2D eigenvalue weighted by molar-refractivity contribution is 7.13. The summed E-state index contributed by atoms with van der Waals surface area (Å²) in [5.41, 5.74) is 5.88. The minimum Gasteiger partial charge on any atom is -0.355 e. The number of carbonyl (C=O) groups excluding carboxylic acids is 2. The molecule has 0 saturated carbocycles. The van der Waals surface area contributed by atoms with Crippen LogP contribution in [0.15, 0.2) is 78.2 Å². The van der Waals surface area contributed by atoms with Crippen molar-refractivity contribution < 1.29 is 9.59 Å². The van der Waals surface area contributed by atoms with Gasteiger partial charge in [-0.2, -0.15) is 0 Å². The molecular weight excluding hydrogens is 432 g/mol. The van der Waals surface area contributed by atoms with E-state index in [4.69, 9.17) is 4.98 Å². The molecule has 0 aliphatic rings. The van der Waals surface area contributed by atoms with Crippen LogP contribution in [0.5, 0.6) is 0 Å². The molecular formula is C26H24N4O2S. The zero-order chi connectivity index (χ0) is 23.2. The third kappa shape index (κ3) is 5.10. The molecule has 166 valence electrons. The highest BCUT2D eigenvalue weighted by Gasteiger charge is 2.15. The fourth-order valence-corrected chi connectivity index (χ4v) is 4.36. The lowest BCUT2D eigenvalue weighted by molar-refractivity contribution is 0.0963. The number of anilines is 1.